The molecule has 1 unspecified atom stereocenters. The molecule has 0 aliphatic carbocycles. The number of aryl methyl sites for hydroxylation is 1. The second-order valence-electron chi connectivity index (χ2n) is 4.64. The van der Waals surface area contributed by atoms with Crippen LogP contribution in [-0.2, 0) is 6.42 Å². The van der Waals surface area contributed by atoms with Crippen LogP contribution in [0.15, 0.2) is 22.6 Å². The van der Waals surface area contributed by atoms with E-state index in [4.69, 9.17) is 10.2 Å². The van der Waals surface area contributed by atoms with Gasteiger partial charge in [0, 0.05) is 12.5 Å². The first-order chi connectivity index (χ1) is 7.58. The number of oxazole rings is 1. The maximum absolute atomic E-state index is 6.01. The number of benzene rings is 1. The van der Waals surface area contributed by atoms with E-state index in [0.717, 1.165) is 22.6 Å². The van der Waals surface area contributed by atoms with Crippen LogP contribution in [0.5, 0.6) is 0 Å². The molecule has 0 spiro atoms. The first-order valence-corrected chi connectivity index (χ1v) is 5.68. The molecule has 2 rings (SSSR count). The molecular weight excluding hydrogens is 200 g/mol. The number of hydrogen-bond acceptors (Lipinski definition) is 3. The molecule has 0 saturated carbocycles. The van der Waals surface area contributed by atoms with E-state index in [1.807, 2.05) is 25.1 Å². The Labute approximate surface area is 95.7 Å². The van der Waals surface area contributed by atoms with E-state index in [9.17, 15) is 0 Å². The largest absolute Gasteiger partial charge is 0.441 e. The molecule has 2 N–H and O–H groups in total. The Morgan fingerprint density at radius 3 is 2.75 bits per heavy atom. The van der Waals surface area contributed by atoms with Crippen LogP contribution in [0, 0.1) is 12.8 Å². The minimum atomic E-state index is 0.105. The standard InChI is InChI=1S/C13H18N2O/c1-8(2)10(14)7-12-15-13-9(3)5-4-6-11(13)16-12/h4-6,8,10H,7,14H2,1-3H3. The van der Waals surface area contributed by atoms with Crippen molar-refractivity contribution in [1.82, 2.24) is 4.98 Å². The van der Waals surface area contributed by atoms with Crippen LogP contribution < -0.4 is 5.73 Å². The van der Waals surface area contributed by atoms with E-state index in [0.29, 0.717) is 12.3 Å². The summed E-state index contributed by atoms with van der Waals surface area (Å²) >= 11 is 0. The van der Waals surface area contributed by atoms with Gasteiger partial charge in [-0.05, 0) is 24.5 Å². The number of nitrogens with zero attached hydrogens (tertiary/aromatic N) is 1. The number of para-hydroxylation sites is 1. The molecule has 3 heteroatoms. The monoisotopic (exact) mass is 218 g/mol. The van der Waals surface area contributed by atoms with Gasteiger partial charge in [0.05, 0.1) is 0 Å². The second kappa shape index (κ2) is 4.26. The van der Waals surface area contributed by atoms with E-state index in [2.05, 4.69) is 18.8 Å². The lowest BCUT2D eigenvalue weighted by Gasteiger charge is -2.12. The van der Waals surface area contributed by atoms with Crippen molar-refractivity contribution >= 4 is 11.1 Å². The molecule has 0 fully saturated rings. The maximum atomic E-state index is 6.01. The maximum Gasteiger partial charge on any atom is 0.197 e. The van der Waals surface area contributed by atoms with Crippen LogP contribution in [0.1, 0.15) is 25.3 Å². The summed E-state index contributed by atoms with van der Waals surface area (Å²) in [5.74, 6) is 1.18. The van der Waals surface area contributed by atoms with Crippen molar-refractivity contribution in [3.63, 3.8) is 0 Å². The molecule has 1 atom stereocenters. The molecule has 16 heavy (non-hydrogen) atoms. The van der Waals surface area contributed by atoms with E-state index in [-0.39, 0.29) is 6.04 Å². The Kier molecular flexibility index (Phi) is 2.97. The minimum Gasteiger partial charge on any atom is -0.441 e. The summed E-state index contributed by atoms with van der Waals surface area (Å²) in [6.45, 7) is 6.26. The zero-order valence-electron chi connectivity index (χ0n) is 10.0. The molecule has 0 bridgehead atoms. The fraction of sp³-hybridized carbons (Fsp3) is 0.462. The predicted octanol–water partition coefficient (Wildman–Crippen LogP) is 2.66. The van der Waals surface area contributed by atoms with Gasteiger partial charge in [0.25, 0.3) is 0 Å². The molecule has 0 saturated heterocycles. The molecule has 1 aromatic carbocycles. The Balaban J connectivity index is 2.30. The number of rotatable bonds is 3. The van der Waals surface area contributed by atoms with Gasteiger partial charge in [-0.2, -0.15) is 0 Å². The SMILES string of the molecule is Cc1cccc2oc(CC(N)C(C)C)nc12. The molecule has 0 amide bonds. The lowest BCUT2D eigenvalue weighted by molar-refractivity contribution is 0.433. The average Bonchev–Trinajstić information content (AvgIpc) is 2.61. The highest BCUT2D eigenvalue weighted by Gasteiger charge is 2.13. The molecule has 1 aromatic heterocycles. The summed E-state index contributed by atoms with van der Waals surface area (Å²) in [5, 5.41) is 0. The van der Waals surface area contributed by atoms with Crippen LogP contribution >= 0.6 is 0 Å². The third-order valence-electron chi connectivity index (χ3n) is 2.93. The fourth-order valence-electron chi connectivity index (χ4n) is 1.66. The normalized spacial score (nSPS) is 13.6. The minimum absolute atomic E-state index is 0.105. The Hall–Kier alpha value is -1.35. The van der Waals surface area contributed by atoms with E-state index >= 15 is 0 Å². The topological polar surface area (TPSA) is 52.0 Å². The van der Waals surface area contributed by atoms with Crippen molar-refractivity contribution in [1.29, 1.82) is 0 Å². The molecule has 1 heterocycles. The lowest BCUT2D eigenvalue weighted by Crippen LogP contribution is -2.28. The first kappa shape index (κ1) is 11.1. The number of aromatic nitrogens is 1. The Morgan fingerprint density at radius 1 is 1.38 bits per heavy atom. The zero-order chi connectivity index (χ0) is 11.7. The van der Waals surface area contributed by atoms with Gasteiger partial charge in [0.1, 0.15) is 5.52 Å². The van der Waals surface area contributed by atoms with Crippen LogP contribution in [0.3, 0.4) is 0 Å². The Morgan fingerprint density at radius 2 is 2.12 bits per heavy atom. The Bertz CT molecular complexity index is 488. The smallest absolute Gasteiger partial charge is 0.197 e. The highest BCUT2D eigenvalue weighted by Crippen LogP contribution is 2.20. The van der Waals surface area contributed by atoms with Gasteiger partial charge < -0.3 is 10.2 Å². The van der Waals surface area contributed by atoms with Gasteiger partial charge in [0.2, 0.25) is 0 Å². The molecule has 0 aliphatic heterocycles. The van der Waals surface area contributed by atoms with Crippen LogP contribution in [0.4, 0.5) is 0 Å². The third-order valence-corrected chi connectivity index (χ3v) is 2.93. The predicted molar refractivity (Wildman–Crippen MR) is 65.3 cm³/mol. The fourth-order valence-corrected chi connectivity index (χ4v) is 1.66. The van der Waals surface area contributed by atoms with Crippen LogP contribution in [0.25, 0.3) is 11.1 Å². The van der Waals surface area contributed by atoms with Gasteiger partial charge in [0.15, 0.2) is 11.5 Å². The third kappa shape index (κ3) is 2.09. The lowest BCUT2D eigenvalue weighted by atomic mass is 10.0. The summed E-state index contributed by atoms with van der Waals surface area (Å²) in [5.41, 5.74) is 8.96. The van der Waals surface area contributed by atoms with Crippen molar-refractivity contribution < 1.29 is 4.42 Å². The van der Waals surface area contributed by atoms with Crippen LogP contribution in [0.2, 0.25) is 0 Å². The second-order valence-corrected chi connectivity index (χ2v) is 4.64. The zero-order valence-corrected chi connectivity index (χ0v) is 10.0. The van der Waals surface area contributed by atoms with E-state index < -0.39 is 0 Å². The van der Waals surface area contributed by atoms with Crippen molar-refractivity contribution in [2.45, 2.75) is 33.2 Å². The van der Waals surface area contributed by atoms with Crippen molar-refractivity contribution in [3.05, 3.63) is 29.7 Å². The molecular formula is C13H18N2O. The highest BCUT2D eigenvalue weighted by atomic mass is 16.3. The van der Waals surface area contributed by atoms with E-state index in [1.54, 1.807) is 0 Å². The van der Waals surface area contributed by atoms with Gasteiger partial charge in [-0.15, -0.1) is 0 Å². The number of fused-ring (bicyclic) bond motifs is 1. The highest BCUT2D eigenvalue weighted by molar-refractivity contribution is 5.76. The number of nitrogens with two attached hydrogens (primary N) is 1. The van der Waals surface area contributed by atoms with Crippen molar-refractivity contribution in [3.8, 4) is 0 Å². The van der Waals surface area contributed by atoms with Gasteiger partial charge >= 0.3 is 0 Å². The summed E-state index contributed by atoms with van der Waals surface area (Å²) in [6.07, 6.45) is 0.700. The number of hydrogen-bond donors (Lipinski definition) is 1. The van der Waals surface area contributed by atoms with Gasteiger partial charge in [-0.1, -0.05) is 26.0 Å². The van der Waals surface area contributed by atoms with Crippen LogP contribution in [-0.4, -0.2) is 11.0 Å². The molecule has 0 aliphatic rings. The first-order valence-electron chi connectivity index (χ1n) is 5.68. The molecule has 2 aromatic rings. The summed E-state index contributed by atoms with van der Waals surface area (Å²) < 4.78 is 5.68. The molecule has 0 radical (unpaired) electrons. The molecule has 3 nitrogen and oxygen atoms in total. The van der Waals surface area contributed by atoms with Crippen molar-refractivity contribution in [2.24, 2.45) is 11.7 Å². The molecule has 86 valence electrons. The summed E-state index contributed by atoms with van der Waals surface area (Å²) in [4.78, 5) is 4.49. The summed E-state index contributed by atoms with van der Waals surface area (Å²) in [7, 11) is 0. The quantitative estimate of drug-likeness (QED) is 0.861. The van der Waals surface area contributed by atoms with E-state index in [1.165, 1.54) is 0 Å². The van der Waals surface area contributed by atoms with Crippen molar-refractivity contribution in [2.75, 3.05) is 0 Å². The summed E-state index contributed by atoms with van der Waals surface area (Å²) in [6, 6.07) is 6.07. The van der Waals surface area contributed by atoms with Gasteiger partial charge in [-0.3, -0.25) is 0 Å². The van der Waals surface area contributed by atoms with Gasteiger partial charge in [-0.25, -0.2) is 4.98 Å². The average molecular weight is 218 g/mol.